The van der Waals surface area contributed by atoms with Gasteiger partial charge in [0.1, 0.15) is 18.0 Å². The van der Waals surface area contributed by atoms with E-state index in [1.807, 2.05) is 62.4 Å². The summed E-state index contributed by atoms with van der Waals surface area (Å²) in [6.45, 7) is 4.31. The topological polar surface area (TPSA) is 47.6 Å². The number of carbonyl (C=O) groups is 1. The van der Waals surface area contributed by atoms with Gasteiger partial charge in [-0.05, 0) is 25.5 Å². The van der Waals surface area contributed by atoms with Crippen LogP contribution in [-0.4, -0.2) is 11.7 Å². The number of benzene rings is 2. The number of carbonyl (C=O) groups excluding carboxylic acids is 1. The van der Waals surface area contributed by atoms with Gasteiger partial charge in [-0.3, -0.25) is 5.32 Å². The van der Waals surface area contributed by atoms with Gasteiger partial charge in [-0.1, -0.05) is 42.5 Å². The molecule has 0 unspecified atom stereocenters. The smallest absolute Gasteiger partial charge is 0.412 e. The normalized spacial score (nSPS) is 14.8. The molecule has 1 aliphatic heterocycles. The molecular formula is C18H19NO3. The fourth-order valence-corrected chi connectivity index (χ4v) is 2.58. The van der Waals surface area contributed by atoms with E-state index in [1.165, 1.54) is 0 Å². The van der Waals surface area contributed by atoms with Gasteiger partial charge in [-0.2, -0.15) is 0 Å². The maximum absolute atomic E-state index is 12.0. The summed E-state index contributed by atoms with van der Waals surface area (Å²) in [6, 6.07) is 15.3. The molecule has 0 spiro atoms. The Bertz CT molecular complexity index is 680. The summed E-state index contributed by atoms with van der Waals surface area (Å²) in [5.41, 5.74) is 2.47. The summed E-state index contributed by atoms with van der Waals surface area (Å²) in [5.74, 6) is 0.740. The van der Waals surface area contributed by atoms with E-state index in [4.69, 9.17) is 9.47 Å². The Morgan fingerprint density at radius 2 is 1.95 bits per heavy atom. The van der Waals surface area contributed by atoms with E-state index in [9.17, 15) is 4.79 Å². The molecule has 0 radical (unpaired) electrons. The first-order valence-electron chi connectivity index (χ1n) is 7.32. The van der Waals surface area contributed by atoms with Gasteiger partial charge >= 0.3 is 6.09 Å². The zero-order chi connectivity index (χ0) is 15.6. The molecular weight excluding hydrogens is 278 g/mol. The molecule has 1 heterocycles. The largest absolute Gasteiger partial charge is 0.485 e. The first-order valence-corrected chi connectivity index (χ1v) is 7.32. The predicted octanol–water partition coefficient (Wildman–Crippen LogP) is 4.15. The SMILES string of the molecule is CC1(C)Cc2cccc(NC(=O)OCc3ccccc3)c2O1. The number of ether oxygens (including phenoxy) is 2. The zero-order valence-electron chi connectivity index (χ0n) is 12.8. The van der Waals surface area contributed by atoms with Gasteiger partial charge in [0.2, 0.25) is 0 Å². The molecule has 0 saturated carbocycles. The van der Waals surface area contributed by atoms with E-state index in [2.05, 4.69) is 5.32 Å². The van der Waals surface area contributed by atoms with Crippen LogP contribution in [0.3, 0.4) is 0 Å². The van der Waals surface area contributed by atoms with Crippen molar-refractivity contribution in [2.24, 2.45) is 0 Å². The lowest BCUT2D eigenvalue weighted by atomic mass is 10.0. The Kier molecular flexibility index (Phi) is 3.75. The van der Waals surface area contributed by atoms with E-state index < -0.39 is 6.09 Å². The maximum atomic E-state index is 12.0. The van der Waals surface area contributed by atoms with Crippen molar-refractivity contribution in [1.82, 2.24) is 0 Å². The second-order valence-electron chi connectivity index (χ2n) is 6.02. The van der Waals surface area contributed by atoms with Crippen LogP contribution in [0.2, 0.25) is 0 Å². The molecule has 0 aliphatic carbocycles. The number of nitrogens with one attached hydrogen (secondary N) is 1. The number of hydrogen-bond donors (Lipinski definition) is 1. The molecule has 0 aromatic heterocycles. The van der Waals surface area contributed by atoms with Crippen molar-refractivity contribution in [3.63, 3.8) is 0 Å². The first kappa shape index (κ1) is 14.4. The van der Waals surface area contributed by atoms with Gasteiger partial charge < -0.3 is 9.47 Å². The van der Waals surface area contributed by atoms with Crippen LogP contribution in [0.4, 0.5) is 10.5 Å². The van der Waals surface area contributed by atoms with Crippen LogP contribution in [0.15, 0.2) is 48.5 Å². The summed E-state index contributed by atoms with van der Waals surface area (Å²) in [6.07, 6.45) is 0.349. The van der Waals surface area contributed by atoms with Crippen LogP contribution in [-0.2, 0) is 17.8 Å². The number of fused-ring (bicyclic) bond motifs is 1. The molecule has 0 fully saturated rings. The third-order valence-electron chi connectivity index (χ3n) is 3.54. The van der Waals surface area contributed by atoms with Crippen molar-refractivity contribution in [3.05, 3.63) is 59.7 Å². The average molecular weight is 297 g/mol. The molecule has 0 bridgehead atoms. The zero-order valence-corrected chi connectivity index (χ0v) is 12.8. The maximum Gasteiger partial charge on any atom is 0.412 e. The van der Waals surface area contributed by atoms with Gasteiger partial charge in [0.15, 0.2) is 0 Å². The van der Waals surface area contributed by atoms with Crippen molar-refractivity contribution < 1.29 is 14.3 Å². The molecule has 1 N–H and O–H groups in total. The molecule has 0 saturated heterocycles. The quantitative estimate of drug-likeness (QED) is 0.925. The second kappa shape index (κ2) is 5.72. The standard InChI is InChI=1S/C18H19NO3/c1-18(2)11-14-9-6-10-15(16(14)22-18)19-17(20)21-12-13-7-4-3-5-8-13/h3-10H,11-12H2,1-2H3,(H,19,20). The van der Waals surface area contributed by atoms with Crippen molar-refractivity contribution in [2.45, 2.75) is 32.5 Å². The highest BCUT2D eigenvalue weighted by molar-refractivity contribution is 5.87. The van der Waals surface area contributed by atoms with Crippen molar-refractivity contribution in [3.8, 4) is 5.75 Å². The Labute approximate surface area is 130 Å². The van der Waals surface area contributed by atoms with E-state index in [0.717, 1.165) is 23.3 Å². The summed E-state index contributed by atoms with van der Waals surface area (Å²) in [5, 5.41) is 2.76. The minimum Gasteiger partial charge on any atom is -0.485 e. The first-order chi connectivity index (χ1) is 10.5. The van der Waals surface area contributed by atoms with Gasteiger partial charge in [0, 0.05) is 12.0 Å². The molecule has 0 atom stereocenters. The lowest BCUT2D eigenvalue weighted by Gasteiger charge is -2.18. The molecule has 114 valence electrons. The average Bonchev–Trinajstić information content (AvgIpc) is 2.81. The minimum absolute atomic E-state index is 0.242. The van der Waals surface area contributed by atoms with Crippen molar-refractivity contribution >= 4 is 11.8 Å². The fraction of sp³-hybridized carbons (Fsp3) is 0.278. The summed E-state index contributed by atoms with van der Waals surface area (Å²) in [4.78, 5) is 12.0. The molecule has 2 aromatic rings. The van der Waals surface area contributed by atoms with Crippen LogP contribution in [0.5, 0.6) is 5.75 Å². The fourth-order valence-electron chi connectivity index (χ4n) is 2.58. The number of para-hydroxylation sites is 1. The highest BCUT2D eigenvalue weighted by atomic mass is 16.5. The number of rotatable bonds is 3. The molecule has 4 nitrogen and oxygen atoms in total. The molecule has 22 heavy (non-hydrogen) atoms. The monoisotopic (exact) mass is 297 g/mol. The predicted molar refractivity (Wildman–Crippen MR) is 85.1 cm³/mol. The van der Waals surface area contributed by atoms with E-state index in [-0.39, 0.29) is 12.2 Å². The summed E-state index contributed by atoms with van der Waals surface area (Å²) in [7, 11) is 0. The Hall–Kier alpha value is -2.49. The van der Waals surface area contributed by atoms with Gasteiger partial charge in [0.05, 0.1) is 5.69 Å². The van der Waals surface area contributed by atoms with Crippen LogP contribution in [0, 0.1) is 0 Å². The molecule has 2 aromatic carbocycles. The Morgan fingerprint density at radius 3 is 2.73 bits per heavy atom. The summed E-state index contributed by atoms with van der Waals surface area (Å²) >= 11 is 0. The van der Waals surface area contributed by atoms with Crippen LogP contribution in [0.1, 0.15) is 25.0 Å². The van der Waals surface area contributed by atoms with Crippen LogP contribution < -0.4 is 10.1 Å². The van der Waals surface area contributed by atoms with Crippen molar-refractivity contribution in [1.29, 1.82) is 0 Å². The highest BCUT2D eigenvalue weighted by Crippen LogP contribution is 2.40. The molecule has 1 amide bonds. The molecule has 3 rings (SSSR count). The van der Waals surface area contributed by atoms with Crippen LogP contribution in [0.25, 0.3) is 0 Å². The lowest BCUT2D eigenvalue weighted by Crippen LogP contribution is -2.25. The Morgan fingerprint density at radius 1 is 1.18 bits per heavy atom. The molecule has 4 heteroatoms. The number of amides is 1. The third kappa shape index (κ3) is 3.22. The van der Waals surface area contributed by atoms with Crippen molar-refractivity contribution in [2.75, 3.05) is 5.32 Å². The van der Waals surface area contributed by atoms with Gasteiger partial charge in [-0.15, -0.1) is 0 Å². The van der Waals surface area contributed by atoms with Gasteiger partial charge in [-0.25, -0.2) is 4.79 Å². The van der Waals surface area contributed by atoms with Crippen LogP contribution >= 0.6 is 0 Å². The van der Waals surface area contributed by atoms with Gasteiger partial charge in [0.25, 0.3) is 0 Å². The van der Waals surface area contributed by atoms with E-state index in [1.54, 1.807) is 0 Å². The van der Waals surface area contributed by atoms with E-state index >= 15 is 0 Å². The minimum atomic E-state index is -0.481. The second-order valence-corrected chi connectivity index (χ2v) is 6.02. The third-order valence-corrected chi connectivity index (χ3v) is 3.54. The van der Waals surface area contributed by atoms with E-state index in [0.29, 0.717) is 5.69 Å². The summed E-state index contributed by atoms with van der Waals surface area (Å²) < 4.78 is 11.2. The lowest BCUT2D eigenvalue weighted by molar-refractivity contribution is 0.138. The Balaban J connectivity index is 1.65. The number of anilines is 1. The molecule has 1 aliphatic rings. The highest BCUT2D eigenvalue weighted by Gasteiger charge is 2.32. The number of hydrogen-bond acceptors (Lipinski definition) is 3.